The van der Waals surface area contributed by atoms with E-state index >= 15 is 0 Å². The molecular formula is C28H28N2O3. The van der Waals surface area contributed by atoms with Gasteiger partial charge in [0.15, 0.2) is 0 Å². The van der Waals surface area contributed by atoms with E-state index in [9.17, 15) is 14.7 Å². The van der Waals surface area contributed by atoms with Crippen LogP contribution in [0.5, 0.6) is 0 Å². The van der Waals surface area contributed by atoms with Gasteiger partial charge in [-0.15, -0.1) is 0 Å². The van der Waals surface area contributed by atoms with Crippen molar-refractivity contribution >= 4 is 23.1 Å². The van der Waals surface area contributed by atoms with Crippen molar-refractivity contribution in [2.45, 2.75) is 46.1 Å². The molecule has 0 aliphatic carbocycles. The number of amides is 1. The van der Waals surface area contributed by atoms with Crippen LogP contribution in [0.3, 0.4) is 0 Å². The fourth-order valence-electron chi connectivity index (χ4n) is 4.22. The monoisotopic (exact) mass is 440 g/mol. The zero-order valence-electron chi connectivity index (χ0n) is 19.6. The molecule has 2 aromatic carbocycles. The van der Waals surface area contributed by atoms with Crippen molar-refractivity contribution < 1.29 is 14.7 Å². The molecule has 5 heteroatoms. The van der Waals surface area contributed by atoms with E-state index in [-0.39, 0.29) is 16.7 Å². The zero-order chi connectivity index (χ0) is 23.9. The molecule has 0 saturated carbocycles. The normalized spacial score (nSPS) is 18.1. The van der Waals surface area contributed by atoms with E-state index in [0.29, 0.717) is 16.9 Å². The van der Waals surface area contributed by atoms with Crippen LogP contribution >= 0.6 is 0 Å². The van der Waals surface area contributed by atoms with Crippen LogP contribution in [0.15, 0.2) is 72.4 Å². The quantitative estimate of drug-likeness (QED) is 0.326. The van der Waals surface area contributed by atoms with E-state index in [2.05, 4.69) is 25.8 Å². The molecule has 1 atom stereocenters. The molecule has 33 heavy (non-hydrogen) atoms. The van der Waals surface area contributed by atoms with Gasteiger partial charge in [0.1, 0.15) is 11.8 Å². The number of Topliss-reactive ketones (excluding diaryl/α,β-unsaturated/α-hetero) is 1. The molecule has 3 aromatic rings. The number of carbonyl (C=O) groups excluding carboxylic acids is 2. The number of pyridine rings is 1. The number of anilines is 1. The lowest BCUT2D eigenvalue weighted by Crippen LogP contribution is -2.30. The largest absolute Gasteiger partial charge is 0.507 e. The number of ketones is 1. The highest BCUT2D eigenvalue weighted by atomic mass is 16.3. The Balaban J connectivity index is 1.99. The summed E-state index contributed by atoms with van der Waals surface area (Å²) in [5.41, 5.74) is 4.30. The van der Waals surface area contributed by atoms with E-state index in [1.165, 1.54) is 4.90 Å². The maximum atomic E-state index is 13.4. The molecule has 1 saturated heterocycles. The van der Waals surface area contributed by atoms with Gasteiger partial charge in [0.2, 0.25) is 0 Å². The molecule has 0 radical (unpaired) electrons. The van der Waals surface area contributed by atoms with Gasteiger partial charge in [0, 0.05) is 17.4 Å². The summed E-state index contributed by atoms with van der Waals surface area (Å²) in [6.07, 6.45) is 1.62. The molecule has 1 unspecified atom stereocenters. The number of hydrogen-bond acceptors (Lipinski definition) is 4. The minimum Gasteiger partial charge on any atom is -0.507 e. The minimum atomic E-state index is -0.829. The molecule has 5 nitrogen and oxygen atoms in total. The highest BCUT2D eigenvalue weighted by Crippen LogP contribution is 2.43. The zero-order valence-corrected chi connectivity index (χ0v) is 19.6. The molecular weight excluding hydrogens is 412 g/mol. The lowest BCUT2D eigenvalue weighted by Gasteiger charge is -2.26. The second-order valence-corrected chi connectivity index (χ2v) is 9.49. The standard InChI is InChI=1S/C28H28N2O3/c1-17-13-14-19(28(3,4)5)16-20(17)25(31)23-24(21-11-8-9-15-29-21)30(27(33)26(23)32)22-12-7-6-10-18(22)2/h6-16,24,31H,1-5H3/b25-23+. The first-order valence-corrected chi connectivity index (χ1v) is 11.0. The van der Waals surface area contributed by atoms with Crippen molar-refractivity contribution in [1.29, 1.82) is 0 Å². The van der Waals surface area contributed by atoms with E-state index in [0.717, 1.165) is 16.7 Å². The predicted octanol–water partition coefficient (Wildman–Crippen LogP) is 5.62. The Morgan fingerprint density at radius 2 is 1.64 bits per heavy atom. The van der Waals surface area contributed by atoms with Crippen molar-refractivity contribution in [3.63, 3.8) is 0 Å². The van der Waals surface area contributed by atoms with E-state index < -0.39 is 17.7 Å². The van der Waals surface area contributed by atoms with E-state index in [1.807, 2.05) is 62.4 Å². The van der Waals surface area contributed by atoms with Crippen LogP contribution in [0, 0.1) is 13.8 Å². The fraction of sp³-hybridized carbons (Fsp3) is 0.250. The summed E-state index contributed by atoms with van der Waals surface area (Å²) in [6, 6.07) is 17.8. The average Bonchev–Trinajstić information content (AvgIpc) is 3.04. The van der Waals surface area contributed by atoms with Gasteiger partial charge in [-0.2, -0.15) is 0 Å². The van der Waals surface area contributed by atoms with Crippen LogP contribution in [-0.2, 0) is 15.0 Å². The average molecular weight is 441 g/mol. The molecule has 1 fully saturated rings. The molecule has 2 heterocycles. The molecule has 4 rings (SSSR count). The van der Waals surface area contributed by atoms with Gasteiger partial charge in [-0.05, 0) is 60.2 Å². The van der Waals surface area contributed by atoms with Crippen molar-refractivity contribution in [3.8, 4) is 0 Å². The number of hydrogen-bond donors (Lipinski definition) is 1. The maximum Gasteiger partial charge on any atom is 0.300 e. The Morgan fingerprint density at radius 3 is 2.27 bits per heavy atom. The fourth-order valence-corrected chi connectivity index (χ4v) is 4.22. The number of rotatable bonds is 3. The van der Waals surface area contributed by atoms with Crippen molar-refractivity contribution in [2.75, 3.05) is 4.90 Å². The Bertz CT molecular complexity index is 1270. The Hall–Kier alpha value is -3.73. The van der Waals surface area contributed by atoms with Crippen LogP contribution in [0.2, 0.25) is 0 Å². The number of aliphatic hydroxyl groups excluding tert-OH is 1. The van der Waals surface area contributed by atoms with Gasteiger partial charge in [-0.1, -0.05) is 57.2 Å². The lowest BCUT2D eigenvalue weighted by atomic mass is 9.84. The van der Waals surface area contributed by atoms with Crippen molar-refractivity contribution in [2.24, 2.45) is 0 Å². The summed E-state index contributed by atoms with van der Waals surface area (Å²) < 4.78 is 0. The number of aromatic nitrogens is 1. The molecule has 0 spiro atoms. The van der Waals surface area contributed by atoms with E-state index in [1.54, 1.807) is 18.3 Å². The van der Waals surface area contributed by atoms with Gasteiger partial charge in [0.25, 0.3) is 11.7 Å². The summed E-state index contributed by atoms with van der Waals surface area (Å²) in [4.78, 5) is 32.6. The summed E-state index contributed by atoms with van der Waals surface area (Å²) in [5.74, 6) is -1.57. The Labute approximate surface area is 194 Å². The highest BCUT2D eigenvalue weighted by molar-refractivity contribution is 6.51. The van der Waals surface area contributed by atoms with Crippen LogP contribution in [-0.4, -0.2) is 21.8 Å². The third kappa shape index (κ3) is 3.95. The van der Waals surface area contributed by atoms with Crippen molar-refractivity contribution in [3.05, 3.63) is 100 Å². The second-order valence-electron chi connectivity index (χ2n) is 9.49. The molecule has 168 valence electrons. The highest BCUT2D eigenvalue weighted by Gasteiger charge is 2.48. The maximum absolute atomic E-state index is 13.4. The van der Waals surface area contributed by atoms with Crippen LogP contribution in [0.4, 0.5) is 5.69 Å². The third-order valence-electron chi connectivity index (χ3n) is 6.15. The van der Waals surface area contributed by atoms with Crippen LogP contribution < -0.4 is 4.90 Å². The van der Waals surface area contributed by atoms with Gasteiger partial charge in [-0.3, -0.25) is 19.5 Å². The molecule has 0 bridgehead atoms. The van der Waals surface area contributed by atoms with Crippen LogP contribution in [0.25, 0.3) is 5.76 Å². The first-order valence-electron chi connectivity index (χ1n) is 11.0. The number of aliphatic hydroxyl groups is 1. The first kappa shape index (κ1) is 22.5. The number of benzene rings is 2. The minimum absolute atomic E-state index is 0.0520. The first-order chi connectivity index (χ1) is 15.6. The Morgan fingerprint density at radius 1 is 0.939 bits per heavy atom. The predicted molar refractivity (Wildman–Crippen MR) is 130 cm³/mol. The van der Waals surface area contributed by atoms with Gasteiger partial charge >= 0.3 is 0 Å². The van der Waals surface area contributed by atoms with Crippen LogP contribution in [0.1, 0.15) is 54.8 Å². The van der Waals surface area contributed by atoms with Gasteiger partial charge in [0.05, 0.1) is 11.3 Å². The summed E-state index contributed by atoms with van der Waals surface area (Å²) >= 11 is 0. The molecule has 1 aromatic heterocycles. The van der Waals surface area contributed by atoms with Crippen molar-refractivity contribution in [1.82, 2.24) is 4.98 Å². The number of para-hydroxylation sites is 1. The Kier molecular flexibility index (Phi) is 5.66. The number of nitrogens with zero attached hydrogens (tertiary/aromatic N) is 2. The smallest absolute Gasteiger partial charge is 0.300 e. The topological polar surface area (TPSA) is 70.5 Å². The van der Waals surface area contributed by atoms with Gasteiger partial charge < -0.3 is 5.11 Å². The SMILES string of the molecule is Cc1ccc(C(C)(C)C)cc1/C(O)=C1\C(=O)C(=O)N(c2ccccc2C)C1c1ccccn1. The summed E-state index contributed by atoms with van der Waals surface area (Å²) in [6.45, 7) is 10.0. The van der Waals surface area contributed by atoms with Gasteiger partial charge in [-0.25, -0.2) is 0 Å². The molecule has 1 amide bonds. The molecule has 1 aliphatic rings. The number of carbonyl (C=O) groups is 2. The number of aryl methyl sites for hydroxylation is 2. The third-order valence-corrected chi connectivity index (χ3v) is 6.15. The molecule has 1 aliphatic heterocycles. The summed E-state index contributed by atoms with van der Waals surface area (Å²) in [7, 11) is 0. The summed E-state index contributed by atoms with van der Waals surface area (Å²) in [5, 5.41) is 11.5. The molecule has 1 N–H and O–H groups in total. The lowest BCUT2D eigenvalue weighted by molar-refractivity contribution is -0.132. The second kappa shape index (κ2) is 8.32. The van der Waals surface area contributed by atoms with E-state index in [4.69, 9.17) is 0 Å².